The molecular formula is C30H21N2S+. The van der Waals surface area contributed by atoms with E-state index in [1.807, 2.05) is 23.5 Å². The number of pyridine rings is 1. The van der Waals surface area contributed by atoms with Crippen molar-refractivity contribution in [2.24, 2.45) is 7.05 Å². The van der Waals surface area contributed by atoms with Crippen LogP contribution in [0.3, 0.4) is 0 Å². The fourth-order valence-electron chi connectivity index (χ4n) is 4.85. The molecule has 156 valence electrons. The van der Waals surface area contributed by atoms with Gasteiger partial charge < -0.3 is 0 Å². The van der Waals surface area contributed by atoms with E-state index < -0.39 is 0 Å². The zero-order chi connectivity index (χ0) is 22.5. The van der Waals surface area contributed by atoms with Gasteiger partial charge in [-0.05, 0) is 47.2 Å². The van der Waals surface area contributed by atoms with Crippen molar-refractivity contribution in [2.45, 2.75) is 6.92 Å². The number of hydrogen-bond acceptors (Lipinski definition) is 2. The molecule has 0 bridgehead atoms. The fourth-order valence-corrected chi connectivity index (χ4v) is 6.29. The van der Waals surface area contributed by atoms with Gasteiger partial charge >= 0.3 is 0 Å². The highest BCUT2D eigenvalue weighted by molar-refractivity contribution is 7.26. The lowest BCUT2D eigenvalue weighted by Crippen LogP contribution is -2.30. The standard InChI is InChI=1S/C30H21N2S/c1-19-11-13-26-25-10-6-9-24(21-7-4-3-5-8-21)29(25)33-30(26)27(19)28-23-14-12-20(18-31)17-22(23)15-16-32(28)2/h3-17H,1-2H3/q+1. The summed E-state index contributed by atoms with van der Waals surface area (Å²) in [6.07, 6.45) is 2.10. The van der Waals surface area contributed by atoms with Crippen LogP contribution in [0.1, 0.15) is 11.1 Å². The average molecular weight is 442 g/mol. The van der Waals surface area contributed by atoms with E-state index in [0.29, 0.717) is 5.56 Å². The highest BCUT2D eigenvalue weighted by atomic mass is 32.1. The number of rotatable bonds is 2. The van der Waals surface area contributed by atoms with Gasteiger partial charge in [0.05, 0.1) is 22.6 Å². The largest absolute Gasteiger partial charge is 0.221 e. The number of nitriles is 1. The number of aryl methyl sites for hydroxylation is 2. The maximum absolute atomic E-state index is 9.37. The second kappa shape index (κ2) is 7.55. The topological polar surface area (TPSA) is 27.7 Å². The third-order valence-electron chi connectivity index (χ3n) is 6.46. The lowest BCUT2D eigenvalue weighted by molar-refractivity contribution is -0.659. The van der Waals surface area contributed by atoms with Gasteiger partial charge in [0, 0.05) is 26.2 Å². The Labute approximate surface area is 196 Å². The van der Waals surface area contributed by atoms with Crippen molar-refractivity contribution in [1.82, 2.24) is 0 Å². The number of nitrogens with zero attached hydrogens (tertiary/aromatic N) is 2. The summed E-state index contributed by atoms with van der Waals surface area (Å²) in [7, 11) is 2.11. The average Bonchev–Trinajstić information content (AvgIpc) is 3.23. The summed E-state index contributed by atoms with van der Waals surface area (Å²) in [5.74, 6) is 0. The molecule has 0 unspecified atom stereocenters. The van der Waals surface area contributed by atoms with Gasteiger partial charge in [-0.3, -0.25) is 0 Å². The summed E-state index contributed by atoms with van der Waals surface area (Å²) in [6, 6.07) is 32.1. The first-order chi connectivity index (χ1) is 16.2. The second-order valence-corrected chi connectivity index (χ2v) is 9.49. The van der Waals surface area contributed by atoms with Gasteiger partial charge in [0.1, 0.15) is 7.05 Å². The van der Waals surface area contributed by atoms with Gasteiger partial charge in [0.15, 0.2) is 6.20 Å². The number of aromatic nitrogens is 1. The van der Waals surface area contributed by atoms with E-state index in [2.05, 4.69) is 104 Å². The Morgan fingerprint density at radius 1 is 0.788 bits per heavy atom. The molecule has 6 rings (SSSR count). The Morgan fingerprint density at radius 2 is 1.58 bits per heavy atom. The van der Waals surface area contributed by atoms with Crippen LogP contribution in [0.2, 0.25) is 0 Å². The Morgan fingerprint density at radius 3 is 2.39 bits per heavy atom. The molecule has 0 radical (unpaired) electrons. The van der Waals surface area contributed by atoms with Crippen LogP contribution in [0, 0.1) is 18.3 Å². The van der Waals surface area contributed by atoms with Gasteiger partial charge in [-0.2, -0.15) is 5.26 Å². The molecule has 0 aliphatic rings. The van der Waals surface area contributed by atoms with Crippen molar-refractivity contribution in [2.75, 3.05) is 0 Å². The van der Waals surface area contributed by atoms with Crippen molar-refractivity contribution in [3.8, 4) is 28.5 Å². The molecule has 4 aromatic carbocycles. The lowest BCUT2D eigenvalue weighted by Gasteiger charge is -2.09. The van der Waals surface area contributed by atoms with Gasteiger partial charge in [-0.1, -0.05) is 60.7 Å². The molecule has 33 heavy (non-hydrogen) atoms. The fraction of sp³-hybridized carbons (Fsp3) is 0.0667. The minimum absolute atomic E-state index is 0.687. The van der Waals surface area contributed by atoms with Crippen molar-refractivity contribution in [3.05, 3.63) is 102 Å². The van der Waals surface area contributed by atoms with E-state index >= 15 is 0 Å². The first-order valence-electron chi connectivity index (χ1n) is 11.0. The quantitative estimate of drug-likeness (QED) is 0.255. The molecule has 0 aliphatic heterocycles. The Hall–Kier alpha value is -4.00. The molecule has 0 saturated heterocycles. The zero-order valence-electron chi connectivity index (χ0n) is 18.5. The first kappa shape index (κ1) is 19.7. The van der Waals surface area contributed by atoms with Gasteiger partial charge in [-0.25, -0.2) is 4.57 Å². The third-order valence-corrected chi connectivity index (χ3v) is 7.74. The van der Waals surface area contributed by atoms with E-state index in [4.69, 9.17) is 0 Å². The van der Waals surface area contributed by atoms with Crippen LogP contribution in [0.25, 0.3) is 53.3 Å². The van der Waals surface area contributed by atoms with Crippen molar-refractivity contribution in [3.63, 3.8) is 0 Å². The number of fused-ring (bicyclic) bond motifs is 4. The summed E-state index contributed by atoms with van der Waals surface area (Å²) in [5.41, 5.74) is 6.92. The van der Waals surface area contributed by atoms with E-state index in [1.54, 1.807) is 0 Å². The molecule has 3 heteroatoms. The molecule has 0 aliphatic carbocycles. The van der Waals surface area contributed by atoms with E-state index in [0.717, 1.165) is 10.8 Å². The predicted octanol–water partition coefficient (Wildman–Crippen LogP) is 7.55. The third kappa shape index (κ3) is 3.03. The molecule has 0 N–H and O–H groups in total. The van der Waals surface area contributed by atoms with E-state index in [9.17, 15) is 5.26 Å². The van der Waals surface area contributed by atoms with Crippen molar-refractivity contribution >= 4 is 42.3 Å². The maximum Gasteiger partial charge on any atom is 0.221 e. The van der Waals surface area contributed by atoms with Crippen LogP contribution in [-0.2, 0) is 7.05 Å². The minimum Gasteiger partial charge on any atom is -0.200 e. The summed E-state index contributed by atoms with van der Waals surface area (Å²) < 4.78 is 4.83. The molecule has 2 heterocycles. The smallest absolute Gasteiger partial charge is 0.200 e. The van der Waals surface area contributed by atoms with Gasteiger partial charge in [0.2, 0.25) is 5.69 Å². The highest BCUT2D eigenvalue weighted by Crippen LogP contribution is 2.45. The van der Waals surface area contributed by atoms with Crippen LogP contribution >= 0.6 is 11.3 Å². The molecule has 6 aromatic rings. The van der Waals surface area contributed by atoms with Crippen molar-refractivity contribution in [1.29, 1.82) is 5.26 Å². The maximum atomic E-state index is 9.37. The predicted molar refractivity (Wildman–Crippen MR) is 138 cm³/mol. The number of hydrogen-bond donors (Lipinski definition) is 0. The number of thiophene rings is 1. The molecule has 0 saturated carbocycles. The summed E-state index contributed by atoms with van der Waals surface area (Å²) in [4.78, 5) is 0. The van der Waals surface area contributed by atoms with Crippen LogP contribution in [0.15, 0.2) is 91.1 Å². The molecular weight excluding hydrogens is 420 g/mol. The van der Waals surface area contributed by atoms with Crippen LogP contribution in [0.5, 0.6) is 0 Å². The summed E-state index contributed by atoms with van der Waals surface area (Å²) in [5, 5.41) is 14.2. The number of benzene rings is 4. The summed E-state index contributed by atoms with van der Waals surface area (Å²) in [6.45, 7) is 2.19. The highest BCUT2D eigenvalue weighted by Gasteiger charge is 2.23. The molecule has 0 amide bonds. The van der Waals surface area contributed by atoms with Gasteiger partial charge in [0.25, 0.3) is 0 Å². The molecule has 2 aromatic heterocycles. The normalized spacial score (nSPS) is 11.3. The Bertz CT molecular complexity index is 1740. The SMILES string of the molecule is Cc1ccc2c(sc3c(-c4ccccc4)cccc32)c1-c1c2ccc(C#N)cc2cc[n+]1C. The molecule has 0 spiro atoms. The monoisotopic (exact) mass is 441 g/mol. The lowest BCUT2D eigenvalue weighted by atomic mass is 9.96. The van der Waals surface area contributed by atoms with E-state index in [1.165, 1.54) is 48.1 Å². The van der Waals surface area contributed by atoms with Crippen molar-refractivity contribution < 1.29 is 4.57 Å². The van der Waals surface area contributed by atoms with Crippen LogP contribution in [-0.4, -0.2) is 0 Å². The second-order valence-electron chi connectivity index (χ2n) is 8.47. The zero-order valence-corrected chi connectivity index (χ0v) is 19.3. The van der Waals surface area contributed by atoms with Gasteiger partial charge in [-0.15, -0.1) is 11.3 Å². The first-order valence-corrected chi connectivity index (χ1v) is 11.8. The van der Waals surface area contributed by atoms with E-state index in [-0.39, 0.29) is 0 Å². The Balaban J connectivity index is 1.73. The molecule has 0 fully saturated rings. The van der Waals surface area contributed by atoms with Crippen LogP contribution < -0.4 is 4.57 Å². The molecule has 2 nitrogen and oxygen atoms in total. The summed E-state index contributed by atoms with van der Waals surface area (Å²) >= 11 is 1.88. The van der Waals surface area contributed by atoms with Crippen LogP contribution in [0.4, 0.5) is 0 Å². The minimum atomic E-state index is 0.687. The molecule has 0 atom stereocenters. The Kier molecular flexibility index (Phi) is 4.50.